The Labute approximate surface area is 223 Å². The number of benzene rings is 1. The van der Waals surface area contributed by atoms with E-state index in [0.717, 1.165) is 57.2 Å². The average Bonchev–Trinajstić information content (AvgIpc) is 3.49. The molecule has 0 spiro atoms. The Kier molecular flexibility index (Phi) is 7.85. The summed E-state index contributed by atoms with van der Waals surface area (Å²) in [5, 5.41) is 0. The van der Waals surface area contributed by atoms with Crippen LogP contribution < -0.4 is 0 Å². The molecule has 6 heteroatoms. The number of piperazine rings is 1. The van der Waals surface area contributed by atoms with E-state index >= 15 is 0 Å². The quantitative estimate of drug-likeness (QED) is 0.579. The molecule has 1 aromatic rings. The molecule has 1 saturated carbocycles. The molecule has 0 radical (unpaired) electrons. The van der Waals surface area contributed by atoms with Crippen molar-refractivity contribution in [3.63, 3.8) is 0 Å². The van der Waals surface area contributed by atoms with E-state index in [4.69, 9.17) is 0 Å². The fourth-order valence-corrected chi connectivity index (χ4v) is 8.57. The van der Waals surface area contributed by atoms with Crippen LogP contribution in [0.5, 0.6) is 0 Å². The van der Waals surface area contributed by atoms with E-state index in [0.29, 0.717) is 30.2 Å². The van der Waals surface area contributed by atoms with Gasteiger partial charge < -0.3 is 9.80 Å². The smallest absolute Gasteiger partial charge is 0.254 e. The average molecular weight is 507 g/mol. The second-order valence-corrected chi connectivity index (χ2v) is 12.4. The maximum Gasteiger partial charge on any atom is 0.254 e. The molecule has 6 nitrogen and oxygen atoms in total. The summed E-state index contributed by atoms with van der Waals surface area (Å²) in [6.45, 7) is 7.19. The van der Waals surface area contributed by atoms with Crippen molar-refractivity contribution < 1.29 is 9.59 Å². The van der Waals surface area contributed by atoms with Gasteiger partial charge in [0.25, 0.3) is 5.91 Å². The predicted molar refractivity (Wildman–Crippen MR) is 146 cm³/mol. The third-order valence-electron chi connectivity index (χ3n) is 10.4. The van der Waals surface area contributed by atoms with Crippen LogP contribution in [0.25, 0.3) is 0 Å². The van der Waals surface area contributed by atoms with Crippen molar-refractivity contribution in [2.75, 3.05) is 45.8 Å². The Morgan fingerprint density at radius 2 is 1.51 bits per heavy atom. The number of carbonyl (C=O) groups excluding carboxylic acids is 2. The Bertz CT molecular complexity index is 922. The van der Waals surface area contributed by atoms with Gasteiger partial charge in [0.1, 0.15) is 0 Å². The summed E-state index contributed by atoms with van der Waals surface area (Å²) in [4.78, 5) is 36.6. The summed E-state index contributed by atoms with van der Waals surface area (Å²) < 4.78 is 0. The standard InChI is InChI=1S/C31H46N4O2/c36-29(33-21-19-32(20-22-33)26-12-4-5-13-26)16-6-15-28-27-14-8-18-34-17-7-11-25(30(27)34)23-35(28)31(37)24-9-2-1-3-10-24/h1-3,9-10,25-28,30H,4-8,11-23H2/t25-,27+,28+,30-/m0/s1. The van der Waals surface area contributed by atoms with Gasteiger partial charge in [0.05, 0.1) is 0 Å². The van der Waals surface area contributed by atoms with Crippen molar-refractivity contribution in [2.45, 2.75) is 88.8 Å². The zero-order valence-electron chi connectivity index (χ0n) is 22.6. The molecule has 0 unspecified atom stereocenters. The fraction of sp³-hybridized carbons (Fsp3) is 0.742. The van der Waals surface area contributed by atoms with E-state index in [1.807, 2.05) is 30.3 Å². The second-order valence-electron chi connectivity index (χ2n) is 12.4. The highest BCUT2D eigenvalue weighted by molar-refractivity contribution is 5.94. The van der Waals surface area contributed by atoms with E-state index in [9.17, 15) is 9.59 Å². The third kappa shape index (κ3) is 5.34. The Morgan fingerprint density at radius 3 is 2.27 bits per heavy atom. The summed E-state index contributed by atoms with van der Waals surface area (Å²) in [7, 11) is 0. The molecule has 0 N–H and O–H groups in total. The first-order valence-corrected chi connectivity index (χ1v) is 15.3. The lowest BCUT2D eigenvalue weighted by molar-refractivity contribution is -0.133. The molecule has 4 aliphatic heterocycles. The van der Waals surface area contributed by atoms with E-state index in [1.165, 1.54) is 64.5 Å². The van der Waals surface area contributed by atoms with E-state index < -0.39 is 0 Å². The highest BCUT2D eigenvalue weighted by Crippen LogP contribution is 2.43. The number of hydrogen-bond donors (Lipinski definition) is 0. The summed E-state index contributed by atoms with van der Waals surface area (Å²) in [6.07, 6.45) is 12.8. The summed E-state index contributed by atoms with van der Waals surface area (Å²) in [5.41, 5.74) is 0.811. The van der Waals surface area contributed by atoms with Gasteiger partial charge >= 0.3 is 0 Å². The number of amides is 2. The highest BCUT2D eigenvalue weighted by atomic mass is 16.2. The van der Waals surface area contributed by atoms with Crippen molar-refractivity contribution in [1.82, 2.24) is 19.6 Å². The minimum atomic E-state index is 0.195. The molecular formula is C31H46N4O2. The van der Waals surface area contributed by atoms with Crippen LogP contribution in [-0.2, 0) is 4.79 Å². The van der Waals surface area contributed by atoms with Gasteiger partial charge in [0, 0.05) is 62.8 Å². The van der Waals surface area contributed by atoms with Crippen LogP contribution in [0.15, 0.2) is 30.3 Å². The van der Waals surface area contributed by atoms with E-state index in [1.54, 1.807) is 0 Å². The lowest BCUT2D eigenvalue weighted by Gasteiger charge is -2.57. The van der Waals surface area contributed by atoms with Crippen molar-refractivity contribution in [2.24, 2.45) is 11.8 Å². The number of hydrogen-bond acceptors (Lipinski definition) is 4. The zero-order valence-corrected chi connectivity index (χ0v) is 22.6. The van der Waals surface area contributed by atoms with Crippen LogP contribution in [0.4, 0.5) is 0 Å². The van der Waals surface area contributed by atoms with Crippen LogP contribution in [-0.4, -0.2) is 95.4 Å². The second kappa shape index (κ2) is 11.4. The fourth-order valence-electron chi connectivity index (χ4n) is 8.57. The normalized spacial score (nSPS) is 31.4. The molecule has 5 aliphatic rings. The molecule has 4 saturated heterocycles. The first kappa shape index (κ1) is 25.4. The van der Waals surface area contributed by atoms with Crippen molar-refractivity contribution in [3.05, 3.63) is 35.9 Å². The lowest BCUT2D eigenvalue weighted by atomic mass is 9.69. The first-order chi connectivity index (χ1) is 18.2. The maximum atomic E-state index is 13.8. The molecule has 1 aliphatic carbocycles. The lowest BCUT2D eigenvalue weighted by Crippen LogP contribution is -2.65. The van der Waals surface area contributed by atoms with E-state index in [-0.39, 0.29) is 11.9 Å². The van der Waals surface area contributed by atoms with Gasteiger partial charge in [-0.3, -0.25) is 19.4 Å². The first-order valence-electron chi connectivity index (χ1n) is 15.3. The molecule has 4 atom stereocenters. The number of nitrogens with zero attached hydrogens (tertiary/aromatic N) is 4. The molecule has 37 heavy (non-hydrogen) atoms. The minimum Gasteiger partial charge on any atom is -0.340 e. The summed E-state index contributed by atoms with van der Waals surface area (Å²) >= 11 is 0. The van der Waals surface area contributed by atoms with Gasteiger partial charge in [0.15, 0.2) is 0 Å². The number of piperidine rings is 3. The predicted octanol–water partition coefficient (Wildman–Crippen LogP) is 4.26. The molecule has 2 amide bonds. The summed E-state index contributed by atoms with van der Waals surface area (Å²) in [5.74, 6) is 1.66. The van der Waals surface area contributed by atoms with Crippen molar-refractivity contribution >= 4 is 11.8 Å². The monoisotopic (exact) mass is 506 g/mol. The van der Waals surface area contributed by atoms with Crippen LogP contribution in [0.1, 0.15) is 81.0 Å². The van der Waals surface area contributed by atoms with E-state index in [2.05, 4.69) is 19.6 Å². The van der Waals surface area contributed by atoms with Gasteiger partial charge in [-0.1, -0.05) is 31.0 Å². The largest absolute Gasteiger partial charge is 0.340 e. The summed E-state index contributed by atoms with van der Waals surface area (Å²) in [6, 6.07) is 11.5. The van der Waals surface area contributed by atoms with Crippen molar-refractivity contribution in [3.8, 4) is 0 Å². The molecule has 5 fully saturated rings. The van der Waals surface area contributed by atoms with Gasteiger partial charge in [-0.15, -0.1) is 0 Å². The van der Waals surface area contributed by atoms with Crippen LogP contribution in [0.3, 0.4) is 0 Å². The number of likely N-dealkylation sites (tertiary alicyclic amines) is 1. The third-order valence-corrected chi connectivity index (χ3v) is 10.4. The van der Waals surface area contributed by atoms with Crippen LogP contribution in [0.2, 0.25) is 0 Å². The maximum absolute atomic E-state index is 13.8. The molecule has 6 rings (SSSR count). The van der Waals surface area contributed by atoms with Gasteiger partial charge in [-0.2, -0.15) is 0 Å². The van der Waals surface area contributed by atoms with Gasteiger partial charge in [-0.25, -0.2) is 0 Å². The molecule has 1 aromatic carbocycles. The van der Waals surface area contributed by atoms with Crippen molar-refractivity contribution in [1.29, 1.82) is 0 Å². The topological polar surface area (TPSA) is 47.1 Å². The molecule has 4 heterocycles. The highest BCUT2D eigenvalue weighted by Gasteiger charge is 2.49. The Morgan fingerprint density at radius 1 is 0.784 bits per heavy atom. The van der Waals surface area contributed by atoms with Crippen LogP contribution in [0, 0.1) is 11.8 Å². The molecule has 0 aromatic heterocycles. The molecular weight excluding hydrogens is 460 g/mol. The minimum absolute atomic E-state index is 0.195. The zero-order chi connectivity index (χ0) is 25.2. The number of carbonyl (C=O) groups is 2. The SMILES string of the molecule is O=C(CCC[C@@H]1[C@H]2CCCN3CCC[C@@H](CN1C(=O)c1ccccc1)[C@@H]23)N1CCN(C2CCCC2)CC1. The van der Waals surface area contributed by atoms with Gasteiger partial charge in [-0.05, 0) is 88.4 Å². The molecule has 0 bridgehead atoms. The van der Waals surface area contributed by atoms with Crippen LogP contribution >= 0.6 is 0 Å². The van der Waals surface area contributed by atoms with Gasteiger partial charge in [0.2, 0.25) is 5.91 Å². The Balaban J connectivity index is 1.10. The number of rotatable bonds is 6. The molecule has 202 valence electrons. The Hall–Kier alpha value is -1.92.